The number of fused-ring (bicyclic) bond motifs is 1. The maximum absolute atomic E-state index is 11.0. The van der Waals surface area contributed by atoms with E-state index in [1.54, 1.807) is 32.5 Å². The Morgan fingerprint density at radius 3 is 2.65 bits per heavy atom. The zero-order valence-corrected chi connectivity index (χ0v) is 13.0. The number of benzene rings is 1. The average Bonchev–Trinajstić information content (AvgIpc) is 3.02. The molecular formula is C16H18N2O5. The van der Waals surface area contributed by atoms with Crippen molar-refractivity contribution in [2.24, 2.45) is 0 Å². The van der Waals surface area contributed by atoms with Crippen molar-refractivity contribution in [3.63, 3.8) is 0 Å². The van der Waals surface area contributed by atoms with Crippen molar-refractivity contribution < 1.29 is 24.1 Å². The first-order valence-electron chi connectivity index (χ1n) is 7.27. The minimum absolute atomic E-state index is 0.162. The molecule has 7 nitrogen and oxygen atoms in total. The van der Waals surface area contributed by atoms with E-state index >= 15 is 0 Å². The van der Waals surface area contributed by atoms with Gasteiger partial charge in [-0.3, -0.25) is 4.98 Å². The molecule has 0 spiro atoms. The Hall–Kier alpha value is -2.70. The van der Waals surface area contributed by atoms with Crippen LogP contribution in [-0.4, -0.2) is 54.5 Å². The molecule has 0 bridgehead atoms. The van der Waals surface area contributed by atoms with Crippen LogP contribution in [0, 0.1) is 0 Å². The van der Waals surface area contributed by atoms with E-state index in [0.717, 1.165) is 10.9 Å². The van der Waals surface area contributed by atoms with Gasteiger partial charge in [0.15, 0.2) is 11.5 Å². The molecule has 1 aliphatic rings. The summed E-state index contributed by atoms with van der Waals surface area (Å²) in [6.07, 6.45) is 1.25. The first-order chi connectivity index (χ1) is 11.1. The predicted molar refractivity (Wildman–Crippen MR) is 83.5 cm³/mol. The van der Waals surface area contributed by atoms with Gasteiger partial charge in [-0.05, 0) is 12.1 Å². The molecule has 0 radical (unpaired) electrons. The molecule has 2 heterocycles. The highest BCUT2D eigenvalue weighted by atomic mass is 16.5. The number of amides is 1. The molecule has 1 fully saturated rings. The number of methoxy groups -OCH3 is 2. The molecule has 0 unspecified atom stereocenters. The summed E-state index contributed by atoms with van der Waals surface area (Å²) in [5.41, 5.74) is 0.730. The van der Waals surface area contributed by atoms with Crippen LogP contribution in [0.3, 0.4) is 0 Å². The Bertz CT molecular complexity index is 734. The van der Waals surface area contributed by atoms with Gasteiger partial charge in [-0.25, -0.2) is 4.79 Å². The first kappa shape index (κ1) is 15.2. The Morgan fingerprint density at radius 1 is 1.26 bits per heavy atom. The van der Waals surface area contributed by atoms with Gasteiger partial charge in [-0.15, -0.1) is 0 Å². The van der Waals surface area contributed by atoms with Crippen molar-refractivity contribution in [2.75, 3.05) is 27.3 Å². The number of rotatable bonds is 4. The maximum Gasteiger partial charge on any atom is 0.407 e. The highest BCUT2D eigenvalue weighted by Crippen LogP contribution is 2.36. The molecule has 0 saturated carbocycles. The average molecular weight is 318 g/mol. The lowest BCUT2D eigenvalue weighted by molar-refractivity contribution is 0.146. The van der Waals surface area contributed by atoms with Crippen LogP contribution in [0.2, 0.25) is 0 Å². The number of hydrogen-bond donors (Lipinski definition) is 1. The van der Waals surface area contributed by atoms with Gasteiger partial charge in [0.1, 0.15) is 11.9 Å². The molecule has 1 aliphatic heterocycles. The number of ether oxygens (including phenoxy) is 3. The molecule has 1 amide bonds. The maximum atomic E-state index is 11.0. The van der Waals surface area contributed by atoms with E-state index in [1.165, 1.54) is 4.90 Å². The van der Waals surface area contributed by atoms with Crippen molar-refractivity contribution in [3.8, 4) is 17.2 Å². The lowest BCUT2D eigenvalue weighted by Gasteiger charge is -2.16. The Morgan fingerprint density at radius 2 is 2.00 bits per heavy atom. The van der Waals surface area contributed by atoms with Gasteiger partial charge in [0.25, 0.3) is 0 Å². The Kier molecular flexibility index (Phi) is 4.10. The first-order valence-corrected chi connectivity index (χ1v) is 7.27. The molecule has 0 aliphatic carbocycles. The second kappa shape index (κ2) is 6.20. The summed E-state index contributed by atoms with van der Waals surface area (Å²) in [7, 11) is 3.14. The quantitative estimate of drug-likeness (QED) is 0.932. The summed E-state index contributed by atoms with van der Waals surface area (Å²) in [6, 6.07) is 5.39. The van der Waals surface area contributed by atoms with Crippen LogP contribution >= 0.6 is 0 Å². The molecule has 1 N–H and O–H groups in total. The van der Waals surface area contributed by atoms with Crippen LogP contribution in [0.5, 0.6) is 17.2 Å². The normalized spacial score (nSPS) is 17.3. The fourth-order valence-corrected chi connectivity index (χ4v) is 2.73. The second-order valence-electron chi connectivity index (χ2n) is 5.29. The number of carbonyl (C=O) groups is 1. The van der Waals surface area contributed by atoms with Gasteiger partial charge in [-0.1, -0.05) is 0 Å². The van der Waals surface area contributed by atoms with Gasteiger partial charge < -0.3 is 24.2 Å². The summed E-state index contributed by atoms with van der Waals surface area (Å²) in [5, 5.41) is 9.83. The monoisotopic (exact) mass is 318 g/mol. The Balaban J connectivity index is 1.90. The summed E-state index contributed by atoms with van der Waals surface area (Å²) < 4.78 is 16.6. The largest absolute Gasteiger partial charge is 0.493 e. The second-order valence-corrected chi connectivity index (χ2v) is 5.29. The van der Waals surface area contributed by atoms with Crippen LogP contribution in [0.25, 0.3) is 10.9 Å². The molecule has 3 rings (SSSR count). The lowest BCUT2D eigenvalue weighted by Crippen LogP contribution is -2.29. The standard InChI is InChI=1S/C16H18N2O5/c1-21-14-7-11-12(8-15(14)22-2)17-5-3-13(11)23-10-4-6-18(9-10)16(19)20/h3,5,7-8,10H,4,6,9H2,1-2H3,(H,19,20)/t10-/m0/s1. The van der Waals surface area contributed by atoms with Gasteiger partial charge in [0.05, 0.1) is 26.3 Å². The molecule has 23 heavy (non-hydrogen) atoms. The minimum Gasteiger partial charge on any atom is -0.493 e. The number of carboxylic acid groups (broad SMARTS) is 1. The van der Waals surface area contributed by atoms with Crippen LogP contribution in [0.1, 0.15) is 6.42 Å². The van der Waals surface area contributed by atoms with E-state index in [0.29, 0.717) is 36.8 Å². The Labute approximate surface area is 133 Å². The molecule has 1 atom stereocenters. The summed E-state index contributed by atoms with van der Waals surface area (Å²) in [4.78, 5) is 16.7. The number of aromatic nitrogens is 1. The minimum atomic E-state index is -0.915. The summed E-state index contributed by atoms with van der Waals surface area (Å²) >= 11 is 0. The zero-order chi connectivity index (χ0) is 16.4. The fraction of sp³-hybridized carbons (Fsp3) is 0.375. The fourth-order valence-electron chi connectivity index (χ4n) is 2.73. The summed E-state index contributed by atoms with van der Waals surface area (Å²) in [6.45, 7) is 0.854. The predicted octanol–water partition coefficient (Wildman–Crippen LogP) is 2.38. The van der Waals surface area contributed by atoms with E-state index < -0.39 is 6.09 Å². The third kappa shape index (κ3) is 2.94. The van der Waals surface area contributed by atoms with Crippen molar-refractivity contribution in [2.45, 2.75) is 12.5 Å². The van der Waals surface area contributed by atoms with Crippen molar-refractivity contribution in [3.05, 3.63) is 24.4 Å². The molecule has 122 valence electrons. The van der Waals surface area contributed by atoms with Crippen molar-refractivity contribution in [1.82, 2.24) is 9.88 Å². The molecular weight excluding hydrogens is 300 g/mol. The van der Waals surface area contributed by atoms with E-state index in [4.69, 9.17) is 19.3 Å². The van der Waals surface area contributed by atoms with Gasteiger partial charge >= 0.3 is 6.09 Å². The highest BCUT2D eigenvalue weighted by molar-refractivity contribution is 5.88. The van der Waals surface area contributed by atoms with Crippen molar-refractivity contribution >= 4 is 17.0 Å². The molecule has 2 aromatic rings. The van der Waals surface area contributed by atoms with E-state index in [9.17, 15) is 4.79 Å². The third-order valence-corrected chi connectivity index (χ3v) is 3.92. The smallest absolute Gasteiger partial charge is 0.407 e. The van der Waals surface area contributed by atoms with E-state index in [2.05, 4.69) is 4.98 Å². The number of pyridine rings is 1. The number of likely N-dealkylation sites (tertiary alicyclic amines) is 1. The van der Waals surface area contributed by atoms with Crippen LogP contribution < -0.4 is 14.2 Å². The molecule has 1 saturated heterocycles. The van der Waals surface area contributed by atoms with Gasteiger partial charge in [0, 0.05) is 30.6 Å². The van der Waals surface area contributed by atoms with Crippen LogP contribution in [-0.2, 0) is 0 Å². The topological polar surface area (TPSA) is 81.1 Å². The molecule has 1 aromatic heterocycles. The molecule has 7 heteroatoms. The SMILES string of the molecule is COc1cc2nccc(O[C@H]3CCN(C(=O)O)C3)c2cc1OC. The molecule has 1 aromatic carbocycles. The van der Waals surface area contributed by atoms with Gasteiger partial charge in [0.2, 0.25) is 0 Å². The van der Waals surface area contributed by atoms with E-state index in [-0.39, 0.29) is 6.10 Å². The lowest BCUT2D eigenvalue weighted by atomic mass is 10.1. The third-order valence-electron chi connectivity index (χ3n) is 3.92. The van der Waals surface area contributed by atoms with E-state index in [1.807, 2.05) is 6.07 Å². The highest BCUT2D eigenvalue weighted by Gasteiger charge is 2.27. The number of nitrogens with zero attached hydrogens (tertiary/aromatic N) is 2. The van der Waals surface area contributed by atoms with Crippen LogP contribution in [0.15, 0.2) is 24.4 Å². The zero-order valence-electron chi connectivity index (χ0n) is 13.0. The van der Waals surface area contributed by atoms with Crippen molar-refractivity contribution in [1.29, 1.82) is 0 Å². The van der Waals surface area contributed by atoms with Gasteiger partial charge in [-0.2, -0.15) is 0 Å². The number of hydrogen-bond acceptors (Lipinski definition) is 5. The summed E-state index contributed by atoms with van der Waals surface area (Å²) in [5.74, 6) is 1.85. The van der Waals surface area contributed by atoms with Crippen LogP contribution in [0.4, 0.5) is 4.79 Å².